The summed E-state index contributed by atoms with van der Waals surface area (Å²) in [6.07, 6.45) is -0.0722. The van der Waals surface area contributed by atoms with Gasteiger partial charge in [-0.15, -0.1) is 0 Å². The Balaban J connectivity index is 1.99. The lowest BCUT2D eigenvalue weighted by molar-refractivity contribution is -0.128. The van der Waals surface area contributed by atoms with Crippen LogP contribution < -0.4 is 4.31 Å². The Morgan fingerprint density at radius 1 is 1.23 bits per heavy atom. The number of rotatable bonds is 6. The molecule has 0 radical (unpaired) electrons. The number of ether oxygens (including phenoxy) is 2. The molecule has 2 aliphatic heterocycles. The summed E-state index contributed by atoms with van der Waals surface area (Å²) < 4.78 is 74.4. The van der Waals surface area contributed by atoms with Gasteiger partial charge in [-0.05, 0) is 37.8 Å². The number of hydrogen-bond acceptors (Lipinski definition) is 8. The molecule has 10 nitrogen and oxygen atoms in total. The minimum atomic E-state index is -6.13. The van der Waals surface area contributed by atoms with E-state index in [2.05, 4.69) is 9.89 Å². The number of likely N-dealkylation sites (tertiary alicyclic amines) is 1. The first-order valence-electron chi connectivity index (χ1n) is 10.8. The summed E-state index contributed by atoms with van der Waals surface area (Å²) in [5, 5.41) is 3.96. The number of alkyl halides is 3. The van der Waals surface area contributed by atoms with Crippen LogP contribution in [0.4, 0.5) is 23.7 Å². The second-order valence-corrected chi connectivity index (χ2v) is 9.81. The molecule has 35 heavy (non-hydrogen) atoms. The van der Waals surface area contributed by atoms with E-state index in [-0.39, 0.29) is 31.0 Å². The Hall–Kier alpha value is -2.87. The number of halogens is 3. The first kappa shape index (κ1) is 26.7. The molecule has 2 amide bonds. The summed E-state index contributed by atoms with van der Waals surface area (Å²) in [7, 11) is -4.83. The predicted octanol–water partition coefficient (Wildman–Crippen LogP) is 3.03. The van der Waals surface area contributed by atoms with Crippen LogP contribution in [0, 0.1) is 5.41 Å². The molecule has 2 heterocycles. The smallest absolute Gasteiger partial charge is 0.449 e. The summed E-state index contributed by atoms with van der Waals surface area (Å²) in [6.45, 7) is 1.84. The van der Waals surface area contributed by atoms with Crippen LogP contribution in [-0.4, -0.2) is 70.0 Å². The van der Waals surface area contributed by atoms with Gasteiger partial charge in [0.15, 0.2) is 5.71 Å². The number of nitrogens with zero attached hydrogens (tertiary/aromatic N) is 3. The standard InChI is InChI=1S/C21H26F3N3O7S/c1-3-34-19(29)27(35(30,31)21(22,23)24)16-7-5-4-6-15(16)14-26-11-8-20(9-12-33-13-10-20)17(18(26)28)25-32-2/h4-7H,3,8-14H2,1-2H3/b25-17-. The molecule has 3 rings (SSSR count). The van der Waals surface area contributed by atoms with Gasteiger partial charge in [-0.3, -0.25) is 4.79 Å². The van der Waals surface area contributed by atoms with Crippen LogP contribution in [0.1, 0.15) is 31.7 Å². The fraction of sp³-hybridized carbons (Fsp3) is 0.571. The molecular formula is C21H26F3N3O7S. The predicted molar refractivity (Wildman–Crippen MR) is 118 cm³/mol. The summed E-state index contributed by atoms with van der Waals surface area (Å²) >= 11 is 0. The Bertz CT molecular complexity index is 1090. The number of sulfonamides is 1. The van der Waals surface area contributed by atoms with Gasteiger partial charge in [-0.25, -0.2) is 4.79 Å². The quantitative estimate of drug-likeness (QED) is 0.529. The number of benzene rings is 1. The molecule has 0 bridgehead atoms. The van der Waals surface area contributed by atoms with E-state index in [0.717, 1.165) is 6.07 Å². The maximum atomic E-state index is 13.4. The van der Waals surface area contributed by atoms with Gasteiger partial charge in [-0.2, -0.15) is 25.9 Å². The van der Waals surface area contributed by atoms with E-state index in [4.69, 9.17) is 9.57 Å². The number of hydrogen-bond donors (Lipinski definition) is 0. The van der Waals surface area contributed by atoms with E-state index in [1.807, 2.05) is 0 Å². The van der Waals surface area contributed by atoms with Crippen molar-refractivity contribution < 1.29 is 45.5 Å². The zero-order chi connectivity index (χ0) is 25.9. The highest BCUT2D eigenvalue weighted by Crippen LogP contribution is 2.41. The van der Waals surface area contributed by atoms with Crippen molar-refractivity contribution in [1.82, 2.24) is 4.90 Å². The second-order valence-electron chi connectivity index (χ2n) is 8.03. The van der Waals surface area contributed by atoms with Gasteiger partial charge in [0.2, 0.25) is 0 Å². The molecule has 2 saturated heterocycles. The number of piperidine rings is 1. The van der Waals surface area contributed by atoms with E-state index in [0.29, 0.717) is 32.5 Å². The minimum Gasteiger partial charge on any atom is -0.449 e. The maximum Gasteiger partial charge on any atom is 0.517 e. The summed E-state index contributed by atoms with van der Waals surface area (Å²) in [6, 6.07) is 5.13. The van der Waals surface area contributed by atoms with Crippen molar-refractivity contribution in [2.45, 2.75) is 38.2 Å². The molecule has 194 valence electrons. The van der Waals surface area contributed by atoms with E-state index in [1.165, 1.54) is 37.1 Å². The van der Waals surface area contributed by atoms with Crippen molar-refractivity contribution in [1.29, 1.82) is 0 Å². The number of carbonyl (C=O) groups is 2. The summed E-state index contributed by atoms with van der Waals surface area (Å²) in [5.74, 6) is -0.490. The molecule has 0 aromatic heterocycles. The van der Waals surface area contributed by atoms with Crippen molar-refractivity contribution in [3.05, 3.63) is 29.8 Å². The van der Waals surface area contributed by atoms with Gasteiger partial charge in [0.25, 0.3) is 5.91 Å². The van der Waals surface area contributed by atoms with Gasteiger partial charge in [0, 0.05) is 31.7 Å². The van der Waals surface area contributed by atoms with Crippen LogP contribution in [0.3, 0.4) is 0 Å². The van der Waals surface area contributed by atoms with E-state index in [9.17, 15) is 31.2 Å². The van der Waals surface area contributed by atoms with E-state index < -0.39 is 42.9 Å². The van der Waals surface area contributed by atoms with E-state index >= 15 is 0 Å². The number of oxime groups is 1. The van der Waals surface area contributed by atoms with Gasteiger partial charge < -0.3 is 19.2 Å². The Morgan fingerprint density at radius 2 is 1.89 bits per heavy atom. The third kappa shape index (κ3) is 5.22. The molecule has 1 spiro atoms. The fourth-order valence-electron chi connectivity index (χ4n) is 4.23. The molecular weight excluding hydrogens is 495 g/mol. The monoisotopic (exact) mass is 521 g/mol. The van der Waals surface area contributed by atoms with E-state index in [1.54, 1.807) is 0 Å². The second kappa shape index (κ2) is 10.4. The largest absolute Gasteiger partial charge is 0.517 e. The van der Waals surface area contributed by atoms with Gasteiger partial charge in [0.1, 0.15) is 7.11 Å². The number of anilines is 1. The van der Waals surface area contributed by atoms with Gasteiger partial charge in [-0.1, -0.05) is 23.4 Å². The average Bonchev–Trinajstić information content (AvgIpc) is 2.80. The summed E-state index contributed by atoms with van der Waals surface area (Å²) in [5.41, 5.74) is -6.69. The maximum absolute atomic E-state index is 13.4. The molecule has 1 aromatic rings. The third-order valence-electron chi connectivity index (χ3n) is 6.02. The SMILES string of the molecule is CCOC(=O)N(c1ccccc1CN1CCC2(CCOCC2)/C(=N\OC)C1=O)S(=O)(=O)C(F)(F)F. The Morgan fingerprint density at radius 3 is 2.49 bits per heavy atom. The van der Waals surface area contributed by atoms with Crippen LogP contribution in [0.25, 0.3) is 0 Å². The Kier molecular flexibility index (Phi) is 7.94. The lowest BCUT2D eigenvalue weighted by atomic mass is 9.70. The number of carbonyl (C=O) groups excluding carboxylic acids is 2. The molecule has 0 unspecified atom stereocenters. The topological polar surface area (TPSA) is 115 Å². The highest BCUT2D eigenvalue weighted by molar-refractivity contribution is 7.94. The molecule has 1 aromatic carbocycles. The average molecular weight is 522 g/mol. The van der Waals surface area contributed by atoms with Gasteiger partial charge >= 0.3 is 21.6 Å². The third-order valence-corrected chi connectivity index (χ3v) is 7.43. The van der Waals surface area contributed by atoms with Crippen LogP contribution in [0.5, 0.6) is 0 Å². The normalized spacial score (nSPS) is 19.6. The van der Waals surface area contributed by atoms with Crippen LogP contribution >= 0.6 is 0 Å². The lowest BCUT2D eigenvalue weighted by Crippen LogP contribution is -2.54. The Labute approximate surface area is 200 Å². The molecule has 14 heteroatoms. The van der Waals surface area contributed by atoms with Crippen molar-refractivity contribution in [2.75, 3.05) is 37.8 Å². The van der Waals surface area contributed by atoms with Crippen molar-refractivity contribution in [3.8, 4) is 0 Å². The fourth-order valence-corrected chi connectivity index (χ4v) is 5.13. The molecule has 2 aliphatic rings. The molecule has 0 atom stereocenters. The molecule has 0 aliphatic carbocycles. The van der Waals surface area contributed by atoms with Crippen LogP contribution in [0.2, 0.25) is 0 Å². The zero-order valence-corrected chi connectivity index (χ0v) is 20.0. The number of para-hydroxylation sites is 1. The van der Waals surface area contributed by atoms with Crippen molar-refractivity contribution in [3.63, 3.8) is 0 Å². The first-order chi connectivity index (χ1) is 16.5. The van der Waals surface area contributed by atoms with Crippen LogP contribution in [-0.2, 0) is 35.7 Å². The highest BCUT2D eigenvalue weighted by atomic mass is 32.2. The molecule has 0 saturated carbocycles. The first-order valence-corrected chi connectivity index (χ1v) is 12.3. The summed E-state index contributed by atoms with van der Waals surface area (Å²) in [4.78, 5) is 32.0. The number of amides is 2. The highest BCUT2D eigenvalue weighted by Gasteiger charge is 2.54. The van der Waals surface area contributed by atoms with Crippen molar-refractivity contribution in [2.24, 2.45) is 10.6 Å². The van der Waals surface area contributed by atoms with Crippen LogP contribution in [0.15, 0.2) is 29.4 Å². The van der Waals surface area contributed by atoms with Crippen molar-refractivity contribution >= 4 is 33.4 Å². The molecule has 2 fully saturated rings. The molecule has 0 N–H and O–H groups in total. The van der Waals surface area contributed by atoms with Gasteiger partial charge in [0.05, 0.1) is 12.3 Å². The zero-order valence-electron chi connectivity index (χ0n) is 19.2. The minimum absolute atomic E-state index is 0.00132. The lowest BCUT2D eigenvalue weighted by Gasteiger charge is -2.43.